The number of pyridine rings is 1. The first-order chi connectivity index (χ1) is 13.1. The van der Waals surface area contributed by atoms with Gasteiger partial charge in [-0.15, -0.1) is 0 Å². The third-order valence-corrected chi connectivity index (χ3v) is 5.36. The van der Waals surface area contributed by atoms with Gasteiger partial charge in [-0.2, -0.15) is 5.26 Å². The molecule has 2 saturated heterocycles. The molecule has 0 aliphatic carbocycles. The van der Waals surface area contributed by atoms with Crippen LogP contribution in [0.25, 0.3) is 0 Å². The lowest BCUT2D eigenvalue weighted by molar-refractivity contribution is -0.0533. The number of aromatic nitrogens is 1. The minimum atomic E-state index is -0.198. The van der Waals surface area contributed by atoms with E-state index in [0.717, 1.165) is 50.3 Å². The molecule has 2 aliphatic heterocycles. The van der Waals surface area contributed by atoms with Gasteiger partial charge in [0, 0.05) is 19.5 Å². The van der Waals surface area contributed by atoms with Crippen molar-refractivity contribution in [2.24, 2.45) is 0 Å². The third kappa shape index (κ3) is 4.26. The quantitative estimate of drug-likeness (QED) is 0.899. The predicted octanol–water partition coefficient (Wildman–Crippen LogP) is 3.33. The molecule has 3 heterocycles. The zero-order valence-corrected chi connectivity index (χ0v) is 15.2. The normalized spacial score (nSPS) is 25.4. The third-order valence-electron chi connectivity index (χ3n) is 5.36. The van der Waals surface area contributed by atoms with E-state index in [1.807, 2.05) is 24.3 Å². The van der Waals surface area contributed by atoms with Gasteiger partial charge in [0.15, 0.2) is 0 Å². The molecule has 1 aromatic carbocycles. The van der Waals surface area contributed by atoms with Crippen LogP contribution in [0, 0.1) is 17.1 Å². The molecule has 1 aromatic heterocycles. The molecule has 4 rings (SSSR count). The summed E-state index contributed by atoms with van der Waals surface area (Å²) in [5.74, 6) is 0.523. The summed E-state index contributed by atoms with van der Waals surface area (Å²) in [6.45, 7) is 3.37. The molecule has 2 aliphatic rings. The molecular weight excluding hydrogens is 343 g/mol. The SMILES string of the molecule is N#Cc1cccc(N[C@@H]2CO[C@@]3(CCCN(Cc4ccc(F)cc4)C3)C2)n1. The minimum absolute atomic E-state index is 0.136. The maximum Gasteiger partial charge on any atom is 0.142 e. The molecular formula is C21H23FN4O. The second-order valence-corrected chi connectivity index (χ2v) is 7.50. The van der Waals surface area contributed by atoms with Crippen LogP contribution in [0.15, 0.2) is 42.5 Å². The molecule has 0 saturated carbocycles. The van der Waals surface area contributed by atoms with E-state index in [9.17, 15) is 4.39 Å². The lowest BCUT2D eigenvalue weighted by atomic mass is 9.88. The zero-order chi connectivity index (χ0) is 18.7. The number of anilines is 1. The first-order valence-electron chi connectivity index (χ1n) is 9.39. The van der Waals surface area contributed by atoms with Crippen LogP contribution in [0.5, 0.6) is 0 Å². The highest BCUT2D eigenvalue weighted by Gasteiger charge is 2.43. The van der Waals surface area contributed by atoms with Gasteiger partial charge in [-0.1, -0.05) is 18.2 Å². The monoisotopic (exact) mass is 366 g/mol. The Kier molecular flexibility index (Phi) is 5.06. The van der Waals surface area contributed by atoms with Gasteiger partial charge < -0.3 is 10.1 Å². The number of hydrogen-bond donors (Lipinski definition) is 1. The zero-order valence-electron chi connectivity index (χ0n) is 15.2. The summed E-state index contributed by atoms with van der Waals surface area (Å²) in [6.07, 6.45) is 3.07. The maximum atomic E-state index is 13.1. The first-order valence-corrected chi connectivity index (χ1v) is 9.39. The van der Waals surface area contributed by atoms with E-state index >= 15 is 0 Å². The summed E-state index contributed by atoms with van der Waals surface area (Å²) in [5, 5.41) is 12.4. The molecule has 1 N–H and O–H groups in total. The largest absolute Gasteiger partial charge is 0.371 e. The average Bonchev–Trinajstić information content (AvgIpc) is 3.05. The van der Waals surface area contributed by atoms with Gasteiger partial charge in [0.2, 0.25) is 0 Å². The van der Waals surface area contributed by atoms with Crippen LogP contribution in [0.1, 0.15) is 30.5 Å². The van der Waals surface area contributed by atoms with Gasteiger partial charge in [0.05, 0.1) is 18.2 Å². The number of piperidine rings is 1. The van der Waals surface area contributed by atoms with Gasteiger partial charge >= 0.3 is 0 Å². The molecule has 27 heavy (non-hydrogen) atoms. The van der Waals surface area contributed by atoms with E-state index in [1.165, 1.54) is 12.1 Å². The van der Waals surface area contributed by atoms with Crippen LogP contribution in [-0.4, -0.2) is 41.2 Å². The van der Waals surface area contributed by atoms with E-state index in [2.05, 4.69) is 21.3 Å². The van der Waals surface area contributed by atoms with Gasteiger partial charge in [0.1, 0.15) is 23.4 Å². The Balaban J connectivity index is 1.37. The molecule has 0 radical (unpaired) electrons. The summed E-state index contributed by atoms with van der Waals surface area (Å²) in [5.41, 5.74) is 1.40. The number of likely N-dealkylation sites (tertiary alicyclic amines) is 1. The first kappa shape index (κ1) is 17.9. The Morgan fingerprint density at radius 3 is 2.96 bits per heavy atom. The molecule has 140 valence electrons. The lowest BCUT2D eigenvalue weighted by Crippen LogP contribution is -2.47. The van der Waals surface area contributed by atoms with Crippen LogP contribution in [0.2, 0.25) is 0 Å². The molecule has 0 unspecified atom stereocenters. The highest BCUT2D eigenvalue weighted by molar-refractivity contribution is 5.39. The Labute approximate surface area is 158 Å². The summed E-state index contributed by atoms with van der Waals surface area (Å²) in [7, 11) is 0. The van der Waals surface area contributed by atoms with Gasteiger partial charge in [-0.05, 0) is 49.2 Å². The fraction of sp³-hybridized carbons (Fsp3) is 0.429. The number of halogens is 1. The summed E-state index contributed by atoms with van der Waals surface area (Å²) >= 11 is 0. The van der Waals surface area contributed by atoms with Crippen LogP contribution < -0.4 is 5.32 Å². The van der Waals surface area contributed by atoms with E-state index in [0.29, 0.717) is 12.3 Å². The average molecular weight is 366 g/mol. The Hall–Kier alpha value is -2.49. The molecule has 0 bridgehead atoms. The minimum Gasteiger partial charge on any atom is -0.371 e. The van der Waals surface area contributed by atoms with E-state index in [1.54, 1.807) is 6.07 Å². The number of ether oxygens (including phenoxy) is 1. The summed E-state index contributed by atoms with van der Waals surface area (Å²) in [4.78, 5) is 6.69. The van der Waals surface area contributed by atoms with E-state index in [4.69, 9.17) is 10.00 Å². The molecule has 2 aromatic rings. The Morgan fingerprint density at radius 1 is 1.30 bits per heavy atom. The van der Waals surface area contributed by atoms with Crippen molar-refractivity contribution >= 4 is 5.82 Å². The number of rotatable bonds is 4. The molecule has 6 heteroatoms. The topological polar surface area (TPSA) is 61.2 Å². The lowest BCUT2D eigenvalue weighted by Gasteiger charge is -2.39. The number of nitriles is 1. The molecule has 2 fully saturated rings. The fourth-order valence-corrected chi connectivity index (χ4v) is 4.18. The molecule has 2 atom stereocenters. The second kappa shape index (κ2) is 7.63. The second-order valence-electron chi connectivity index (χ2n) is 7.50. The van der Waals surface area contributed by atoms with Crippen LogP contribution in [-0.2, 0) is 11.3 Å². The molecule has 5 nitrogen and oxygen atoms in total. The van der Waals surface area contributed by atoms with Gasteiger partial charge in [0.25, 0.3) is 0 Å². The highest BCUT2D eigenvalue weighted by atomic mass is 19.1. The van der Waals surface area contributed by atoms with Crippen LogP contribution in [0.3, 0.4) is 0 Å². The molecule has 1 spiro atoms. The Bertz CT molecular complexity index is 835. The van der Waals surface area contributed by atoms with Crippen molar-refractivity contribution in [3.63, 3.8) is 0 Å². The van der Waals surface area contributed by atoms with Crippen molar-refractivity contribution < 1.29 is 9.13 Å². The Morgan fingerprint density at radius 2 is 2.15 bits per heavy atom. The van der Waals surface area contributed by atoms with Crippen molar-refractivity contribution in [2.45, 2.75) is 37.5 Å². The van der Waals surface area contributed by atoms with Gasteiger partial charge in [-0.25, -0.2) is 9.37 Å². The van der Waals surface area contributed by atoms with Gasteiger partial charge in [-0.3, -0.25) is 4.90 Å². The number of hydrogen-bond acceptors (Lipinski definition) is 5. The predicted molar refractivity (Wildman–Crippen MR) is 101 cm³/mol. The van der Waals surface area contributed by atoms with E-state index < -0.39 is 0 Å². The summed E-state index contributed by atoms with van der Waals surface area (Å²) < 4.78 is 19.4. The van der Waals surface area contributed by atoms with Crippen molar-refractivity contribution in [3.05, 3.63) is 59.5 Å². The standard InChI is InChI=1S/C21H23FN4O/c22-17-7-5-16(6-8-17)13-26-10-2-9-21(15-26)11-19(14-27-21)25-20-4-1-3-18(12-23)24-20/h1,3-8,19H,2,9-11,13-15H2,(H,24,25)/t19-,21-/m0/s1. The molecule has 0 amide bonds. The maximum absolute atomic E-state index is 13.1. The number of nitrogens with one attached hydrogen (secondary N) is 1. The number of benzene rings is 1. The summed E-state index contributed by atoms with van der Waals surface area (Å²) in [6, 6.07) is 14.4. The highest BCUT2D eigenvalue weighted by Crippen LogP contribution is 2.36. The van der Waals surface area contributed by atoms with Crippen molar-refractivity contribution in [2.75, 3.05) is 25.0 Å². The van der Waals surface area contributed by atoms with Crippen LogP contribution in [0.4, 0.5) is 10.2 Å². The number of nitrogens with zero attached hydrogens (tertiary/aromatic N) is 3. The smallest absolute Gasteiger partial charge is 0.142 e. The van der Waals surface area contributed by atoms with Crippen molar-refractivity contribution in [1.29, 1.82) is 5.26 Å². The van der Waals surface area contributed by atoms with E-state index in [-0.39, 0.29) is 17.5 Å². The fourth-order valence-electron chi connectivity index (χ4n) is 4.18. The van der Waals surface area contributed by atoms with Crippen molar-refractivity contribution in [3.8, 4) is 6.07 Å². The van der Waals surface area contributed by atoms with Crippen molar-refractivity contribution in [1.82, 2.24) is 9.88 Å². The van der Waals surface area contributed by atoms with Crippen LogP contribution >= 0.6 is 0 Å².